The van der Waals surface area contributed by atoms with Gasteiger partial charge in [0.1, 0.15) is 11.5 Å². The summed E-state index contributed by atoms with van der Waals surface area (Å²) >= 11 is 7.50. The molecule has 8 nitrogen and oxygen atoms in total. The Kier molecular flexibility index (Phi) is 4.86. The lowest BCUT2D eigenvalue weighted by Crippen LogP contribution is -2.26. The van der Waals surface area contributed by atoms with Crippen molar-refractivity contribution in [3.8, 4) is 0 Å². The van der Waals surface area contributed by atoms with E-state index in [4.69, 9.17) is 16.0 Å². The number of Topliss-reactive ketones (excluding diaryl/α,β-unsaturated/α-hetero) is 1. The number of allylic oxidation sites excluding steroid dienone is 2. The Labute approximate surface area is 202 Å². The van der Waals surface area contributed by atoms with Gasteiger partial charge in [-0.3, -0.25) is 4.79 Å². The highest BCUT2D eigenvalue weighted by molar-refractivity contribution is 7.99. The maximum absolute atomic E-state index is 12.9. The van der Waals surface area contributed by atoms with Crippen LogP contribution in [0.25, 0.3) is 11.0 Å². The van der Waals surface area contributed by atoms with E-state index in [2.05, 4.69) is 20.3 Å². The zero-order valence-corrected chi connectivity index (χ0v) is 19.6. The second-order valence-electron chi connectivity index (χ2n) is 8.45. The number of fused-ring (bicyclic) bond motifs is 2. The van der Waals surface area contributed by atoms with Crippen molar-refractivity contribution in [2.45, 2.75) is 42.4 Å². The highest BCUT2D eigenvalue weighted by atomic mass is 35.5. The molecule has 0 fully saturated rings. The number of rotatable bonds is 4. The number of hydrogen-bond acceptors (Lipinski definition) is 6. The van der Waals surface area contributed by atoms with E-state index in [-0.39, 0.29) is 11.5 Å². The molecule has 0 saturated carbocycles. The minimum absolute atomic E-state index is 0.0534. The van der Waals surface area contributed by atoms with Crippen LogP contribution in [0.4, 0.5) is 5.69 Å². The van der Waals surface area contributed by atoms with Gasteiger partial charge in [-0.05, 0) is 61.4 Å². The Balaban J connectivity index is 1.39. The maximum Gasteiger partial charge on any atom is 0.354 e. The number of furan rings is 1. The van der Waals surface area contributed by atoms with Crippen LogP contribution in [0.2, 0.25) is 5.02 Å². The lowest BCUT2D eigenvalue weighted by atomic mass is 9.78. The fourth-order valence-electron chi connectivity index (χ4n) is 4.81. The molecule has 0 bridgehead atoms. The molecule has 1 aliphatic carbocycles. The molecule has 3 aromatic heterocycles. The fourth-order valence-corrected chi connectivity index (χ4v) is 5.85. The predicted octanol–water partition coefficient (Wildman–Crippen LogP) is 5.86. The summed E-state index contributed by atoms with van der Waals surface area (Å²) in [5.74, 6) is -0.902. The third kappa shape index (κ3) is 3.35. The van der Waals surface area contributed by atoms with Gasteiger partial charge >= 0.3 is 5.97 Å². The van der Waals surface area contributed by atoms with E-state index < -0.39 is 11.9 Å². The van der Waals surface area contributed by atoms with Crippen LogP contribution in [-0.2, 0) is 4.79 Å². The topological polar surface area (TPSA) is 124 Å². The van der Waals surface area contributed by atoms with Gasteiger partial charge in [-0.25, -0.2) is 9.78 Å². The summed E-state index contributed by atoms with van der Waals surface area (Å²) in [6.45, 7) is 1.96. The molecule has 1 aromatic carbocycles. The molecule has 10 heteroatoms. The molecule has 1 aliphatic heterocycles. The Morgan fingerprint density at radius 2 is 2.15 bits per heavy atom. The molecule has 4 aromatic rings. The summed E-state index contributed by atoms with van der Waals surface area (Å²) in [6.07, 6.45) is 3.52. The smallest absolute Gasteiger partial charge is 0.354 e. The number of H-pyrrole nitrogens is 2. The van der Waals surface area contributed by atoms with Crippen LogP contribution in [0.1, 0.15) is 52.6 Å². The summed E-state index contributed by atoms with van der Waals surface area (Å²) in [5, 5.41) is 14.7. The molecule has 6 rings (SSSR count). The van der Waals surface area contributed by atoms with Gasteiger partial charge in [0, 0.05) is 34.5 Å². The molecule has 172 valence electrons. The summed E-state index contributed by atoms with van der Waals surface area (Å²) in [5.41, 5.74) is 5.33. The lowest BCUT2D eigenvalue weighted by Gasteiger charge is -2.31. The molecule has 34 heavy (non-hydrogen) atoms. The minimum Gasteiger partial charge on any atom is -0.477 e. The number of benzene rings is 1. The van der Waals surface area contributed by atoms with Crippen molar-refractivity contribution in [3.63, 3.8) is 0 Å². The Morgan fingerprint density at radius 3 is 2.97 bits per heavy atom. The summed E-state index contributed by atoms with van der Waals surface area (Å²) in [7, 11) is 0. The predicted molar refractivity (Wildman–Crippen MR) is 128 cm³/mol. The summed E-state index contributed by atoms with van der Waals surface area (Å²) < 4.78 is 6.20. The monoisotopic (exact) mass is 494 g/mol. The van der Waals surface area contributed by atoms with Crippen LogP contribution in [0.5, 0.6) is 0 Å². The number of halogens is 1. The quantitative estimate of drug-likeness (QED) is 0.280. The van der Waals surface area contributed by atoms with Crippen LogP contribution in [0.3, 0.4) is 0 Å². The van der Waals surface area contributed by atoms with E-state index in [1.54, 1.807) is 6.20 Å². The van der Waals surface area contributed by atoms with E-state index in [1.807, 2.05) is 31.2 Å². The van der Waals surface area contributed by atoms with Crippen LogP contribution < -0.4 is 5.32 Å². The van der Waals surface area contributed by atoms with Gasteiger partial charge in [0.05, 0.1) is 22.6 Å². The normalized spacial score (nSPS) is 17.6. The van der Waals surface area contributed by atoms with E-state index in [1.165, 1.54) is 11.8 Å². The van der Waals surface area contributed by atoms with E-state index in [9.17, 15) is 14.7 Å². The van der Waals surface area contributed by atoms with Crippen LogP contribution in [0, 0.1) is 6.92 Å². The van der Waals surface area contributed by atoms with Crippen molar-refractivity contribution in [1.82, 2.24) is 15.0 Å². The number of aryl methyl sites for hydroxylation is 1. The van der Waals surface area contributed by atoms with Gasteiger partial charge in [-0.1, -0.05) is 11.6 Å². The lowest BCUT2D eigenvalue weighted by molar-refractivity contribution is -0.116. The first-order valence-electron chi connectivity index (χ1n) is 10.8. The SMILES string of the molecule is Cc1cc(Cl)cc2[nH]c(Sc3ccc(C4C5=C(CCCC5=O)Nc5c4c[nH]c5C(=O)O)o3)nc12. The Bertz CT molecular complexity index is 1530. The molecule has 0 radical (unpaired) electrons. The first-order chi connectivity index (χ1) is 16.4. The number of carbonyl (C=O) groups excluding carboxylic acids is 1. The van der Waals surface area contributed by atoms with Gasteiger partial charge < -0.3 is 24.8 Å². The van der Waals surface area contributed by atoms with E-state index >= 15 is 0 Å². The van der Waals surface area contributed by atoms with E-state index in [0.717, 1.165) is 28.7 Å². The number of aromatic amines is 2. The van der Waals surface area contributed by atoms with Gasteiger partial charge in [0.25, 0.3) is 0 Å². The minimum atomic E-state index is -1.06. The van der Waals surface area contributed by atoms with Crippen molar-refractivity contribution >= 4 is 51.8 Å². The molecule has 1 unspecified atom stereocenters. The van der Waals surface area contributed by atoms with Crippen LogP contribution >= 0.6 is 23.4 Å². The Morgan fingerprint density at radius 1 is 1.29 bits per heavy atom. The standard InChI is InChI=1S/C24H19ClN4O4S/c1-10-7-11(25)8-14-20(10)29-24(28-14)34-17-6-5-16(33-17)18-12-9-26-22(23(31)32)21(12)27-13-3-2-4-15(30)19(13)18/h5-9,18,26-27H,2-4H2,1H3,(H,28,29)(H,31,32). The van der Waals surface area contributed by atoms with Crippen molar-refractivity contribution < 1.29 is 19.1 Å². The number of aromatic nitrogens is 3. The number of ketones is 1. The molecular formula is C24H19ClN4O4S. The maximum atomic E-state index is 12.9. The van der Waals surface area contributed by atoms with Crippen molar-refractivity contribution in [1.29, 1.82) is 0 Å². The zero-order chi connectivity index (χ0) is 23.6. The van der Waals surface area contributed by atoms with E-state index in [0.29, 0.717) is 50.7 Å². The first kappa shape index (κ1) is 21.1. The molecular weight excluding hydrogens is 476 g/mol. The molecule has 4 N–H and O–H groups in total. The summed E-state index contributed by atoms with van der Waals surface area (Å²) in [6, 6.07) is 7.38. The van der Waals surface area contributed by atoms with Crippen LogP contribution in [0.15, 0.2) is 56.4 Å². The number of carboxylic acid groups (broad SMARTS) is 1. The molecule has 4 heterocycles. The number of imidazole rings is 1. The van der Waals surface area contributed by atoms with Crippen molar-refractivity contribution in [3.05, 3.63) is 69.3 Å². The first-order valence-corrected chi connectivity index (χ1v) is 12.0. The van der Waals surface area contributed by atoms with Crippen molar-refractivity contribution in [2.75, 3.05) is 5.32 Å². The number of carbonyl (C=O) groups is 2. The number of nitrogens with one attached hydrogen (secondary N) is 3. The fraction of sp³-hybridized carbons (Fsp3) is 0.208. The highest BCUT2D eigenvalue weighted by Gasteiger charge is 2.39. The number of hydrogen-bond donors (Lipinski definition) is 4. The van der Waals surface area contributed by atoms with Crippen LogP contribution in [-0.4, -0.2) is 31.8 Å². The average molecular weight is 495 g/mol. The molecule has 0 spiro atoms. The molecule has 2 aliphatic rings. The third-order valence-electron chi connectivity index (χ3n) is 6.26. The average Bonchev–Trinajstić information content (AvgIpc) is 3.51. The van der Waals surface area contributed by atoms with Crippen molar-refractivity contribution in [2.24, 2.45) is 0 Å². The Hall–Kier alpha value is -3.43. The van der Waals surface area contributed by atoms with Gasteiger partial charge in [0.15, 0.2) is 16.0 Å². The molecule has 1 atom stereocenters. The highest BCUT2D eigenvalue weighted by Crippen LogP contribution is 2.47. The number of aromatic carboxylic acids is 1. The van der Waals surface area contributed by atoms with Gasteiger partial charge in [-0.15, -0.1) is 0 Å². The third-order valence-corrected chi connectivity index (χ3v) is 7.29. The largest absolute Gasteiger partial charge is 0.477 e. The number of anilines is 1. The van der Waals surface area contributed by atoms with Gasteiger partial charge in [-0.2, -0.15) is 0 Å². The summed E-state index contributed by atoms with van der Waals surface area (Å²) in [4.78, 5) is 35.4. The number of carboxylic acids is 1. The zero-order valence-electron chi connectivity index (χ0n) is 18.0. The van der Waals surface area contributed by atoms with Gasteiger partial charge in [0.2, 0.25) is 0 Å². The molecule has 0 saturated heterocycles. The second kappa shape index (κ2) is 7.82. The molecule has 0 amide bonds. The second-order valence-corrected chi connectivity index (χ2v) is 9.88. The number of nitrogens with zero attached hydrogens (tertiary/aromatic N) is 1.